The maximum Gasteiger partial charge on any atom is 0.320 e. The number of hydrogen-bond acceptors (Lipinski definition) is 3. The van der Waals surface area contributed by atoms with Crippen LogP contribution in [-0.4, -0.2) is 28.2 Å². The van der Waals surface area contributed by atoms with Crippen molar-refractivity contribution in [3.8, 4) is 0 Å². The number of rotatable bonds is 6. The zero-order valence-electron chi connectivity index (χ0n) is 9.54. The van der Waals surface area contributed by atoms with E-state index in [9.17, 15) is 9.59 Å². The summed E-state index contributed by atoms with van der Waals surface area (Å²) in [6.45, 7) is 0. The topological polar surface area (TPSA) is 101 Å². The van der Waals surface area contributed by atoms with Crippen molar-refractivity contribution >= 4 is 23.5 Å². The third-order valence-corrected chi connectivity index (χ3v) is 2.81. The van der Waals surface area contributed by atoms with Gasteiger partial charge >= 0.3 is 11.9 Å². The van der Waals surface area contributed by atoms with Crippen LogP contribution >= 0.6 is 11.6 Å². The molecule has 0 heterocycles. The summed E-state index contributed by atoms with van der Waals surface area (Å²) in [6.07, 6.45) is 0.0913. The lowest BCUT2D eigenvalue weighted by Gasteiger charge is -2.15. The van der Waals surface area contributed by atoms with Gasteiger partial charge in [-0.15, -0.1) is 0 Å². The second-order valence-corrected chi connectivity index (χ2v) is 4.49. The highest BCUT2D eigenvalue weighted by Gasteiger charge is 2.24. The summed E-state index contributed by atoms with van der Waals surface area (Å²) in [7, 11) is 0. The molecule has 0 aliphatic heterocycles. The summed E-state index contributed by atoms with van der Waals surface area (Å²) in [5.41, 5.74) is 6.09. The number of halogens is 1. The largest absolute Gasteiger partial charge is 0.481 e. The van der Waals surface area contributed by atoms with Gasteiger partial charge in [0.25, 0.3) is 0 Å². The Balaban J connectivity index is 2.75. The zero-order valence-corrected chi connectivity index (χ0v) is 10.3. The van der Waals surface area contributed by atoms with Crippen LogP contribution < -0.4 is 5.73 Å². The molecule has 0 saturated carbocycles. The molecule has 0 fully saturated rings. The summed E-state index contributed by atoms with van der Waals surface area (Å²) < 4.78 is 0. The van der Waals surface area contributed by atoms with E-state index in [2.05, 4.69) is 0 Å². The lowest BCUT2D eigenvalue weighted by atomic mass is 9.93. The van der Waals surface area contributed by atoms with Gasteiger partial charge in [0.2, 0.25) is 0 Å². The van der Waals surface area contributed by atoms with Crippen LogP contribution in [0, 0.1) is 5.92 Å². The third-order valence-electron chi connectivity index (χ3n) is 2.58. The van der Waals surface area contributed by atoms with E-state index in [0.717, 1.165) is 5.56 Å². The van der Waals surface area contributed by atoms with Crippen LogP contribution in [0.5, 0.6) is 0 Å². The van der Waals surface area contributed by atoms with E-state index in [-0.39, 0.29) is 12.8 Å². The number of nitrogens with two attached hydrogens (primary N) is 1. The van der Waals surface area contributed by atoms with Crippen LogP contribution in [0.1, 0.15) is 12.0 Å². The molecule has 6 heteroatoms. The fourth-order valence-corrected chi connectivity index (χ4v) is 1.84. The predicted molar refractivity (Wildman–Crippen MR) is 66.5 cm³/mol. The number of hydrogen-bond donors (Lipinski definition) is 3. The van der Waals surface area contributed by atoms with Gasteiger partial charge in [-0.2, -0.15) is 0 Å². The first kappa shape index (κ1) is 14.5. The maximum atomic E-state index is 11.1. The molecule has 18 heavy (non-hydrogen) atoms. The average molecular weight is 272 g/mol. The van der Waals surface area contributed by atoms with Crippen molar-refractivity contribution in [2.24, 2.45) is 11.7 Å². The lowest BCUT2D eigenvalue weighted by molar-refractivity contribution is -0.143. The second-order valence-electron chi connectivity index (χ2n) is 4.05. The lowest BCUT2D eigenvalue weighted by Crippen LogP contribution is -2.35. The first-order chi connectivity index (χ1) is 8.40. The van der Waals surface area contributed by atoms with Crippen molar-refractivity contribution in [2.75, 3.05) is 0 Å². The molecule has 2 atom stereocenters. The molecule has 0 spiro atoms. The van der Waals surface area contributed by atoms with E-state index in [1.807, 2.05) is 0 Å². The zero-order chi connectivity index (χ0) is 13.7. The van der Waals surface area contributed by atoms with Gasteiger partial charge in [0, 0.05) is 5.02 Å². The van der Waals surface area contributed by atoms with E-state index in [1.165, 1.54) is 0 Å². The minimum absolute atomic E-state index is 0.114. The number of carboxylic acid groups (broad SMARTS) is 2. The molecule has 0 saturated heterocycles. The summed E-state index contributed by atoms with van der Waals surface area (Å²) >= 11 is 5.80. The molecule has 5 nitrogen and oxygen atoms in total. The molecular formula is C12H14ClNO4. The van der Waals surface area contributed by atoms with E-state index in [0.29, 0.717) is 5.02 Å². The molecule has 0 bridgehead atoms. The van der Waals surface area contributed by atoms with Gasteiger partial charge in [-0.3, -0.25) is 9.59 Å². The van der Waals surface area contributed by atoms with Crippen LogP contribution in [0.2, 0.25) is 5.02 Å². The Labute approximate surface area is 109 Å². The highest BCUT2D eigenvalue weighted by molar-refractivity contribution is 6.30. The number of carbonyl (C=O) groups is 2. The molecule has 0 aliphatic carbocycles. The van der Waals surface area contributed by atoms with Crippen molar-refractivity contribution in [1.29, 1.82) is 0 Å². The molecule has 98 valence electrons. The summed E-state index contributed by atoms with van der Waals surface area (Å²) in [5.74, 6) is -3.10. The maximum absolute atomic E-state index is 11.1. The molecule has 1 rings (SSSR count). The molecule has 1 aromatic carbocycles. The molecular weight excluding hydrogens is 258 g/mol. The molecule has 4 N–H and O–H groups in total. The highest BCUT2D eigenvalue weighted by Crippen LogP contribution is 2.17. The van der Waals surface area contributed by atoms with Crippen LogP contribution in [0.15, 0.2) is 24.3 Å². The van der Waals surface area contributed by atoms with E-state index in [4.69, 9.17) is 27.5 Å². The van der Waals surface area contributed by atoms with Gasteiger partial charge in [-0.05, 0) is 30.5 Å². The van der Waals surface area contributed by atoms with Crippen molar-refractivity contribution in [1.82, 2.24) is 0 Å². The van der Waals surface area contributed by atoms with Gasteiger partial charge < -0.3 is 15.9 Å². The quantitative estimate of drug-likeness (QED) is 0.726. The Hall–Kier alpha value is -1.59. The van der Waals surface area contributed by atoms with Crippen molar-refractivity contribution in [3.05, 3.63) is 34.9 Å². The highest BCUT2D eigenvalue weighted by atomic mass is 35.5. The van der Waals surface area contributed by atoms with Crippen LogP contribution in [0.4, 0.5) is 0 Å². The molecule has 0 amide bonds. The Morgan fingerprint density at radius 1 is 1.28 bits per heavy atom. The van der Waals surface area contributed by atoms with Crippen LogP contribution in [-0.2, 0) is 16.0 Å². The van der Waals surface area contributed by atoms with Crippen LogP contribution in [0.25, 0.3) is 0 Å². The Bertz CT molecular complexity index is 449. The second kappa shape index (κ2) is 6.37. The molecule has 1 unspecified atom stereocenters. The third kappa shape index (κ3) is 4.35. The first-order valence-electron chi connectivity index (χ1n) is 5.35. The van der Waals surface area contributed by atoms with Crippen molar-refractivity contribution in [3.63, 3.8) is 0 Å². The van der Waals surface area contributed by atoms with Gasteiger partial charge in [-0.25, -0.2) is 0 Å². The normalized spacial score (nSPS) is 13.9. The summed E-state index contributed by atoms with van der Waals surface area (Å²) in [4.78, 5) is 21.7. The minimum atomic E-state index is -1.20. The van der Waals surface area contributed by atoms with E-state index >= 15 is 0 Å². The van der Waals surface area contributed by atoms with Crippen molar-refractivity contribution in [2.45, 2.75) is 18.9 Å². The fraction of sp³-hybridized carbons (Fsp3) is 0.333. The van der Waals surface area contributed by atoms with E-state index < -0.39 is 23.9 Å². The monoisotopic (exact) mass is 271 g/mol. The number of carboxylic acids is 2. The van der Waals surface area contributed by atoms with Crippen molar-refractivity contribution < 1.29 is 19.8 Å². The Morgan fingerprint density at radius 2 is 1.94 bits per heavy atom. The van der Waals surface area contributed by atoms with Crippen LogP contribution in [0.3, 0.4) is 0 Å². The van der Waals surface area contributed by atoms with Gasteiger partial charge in [0.1, 0.15) is 6.04 Å². The SMILES string of the molecule is N[C@H](CC(Cc1cccc(Cl)c1)C(=O)O)C(=O)O. The molecule has 1 aromatic rings. The average Bonchev–Trinajstić information content (AvgIpc) is 2.27. The summed E-state index contributed by atoms with van der Waals surface area (Å²) in [6, 6.07) is 5.63. The summed E-state index contributed by atoms with van der Waals surface area (Å²) in [5, 5.41) is 18.3. The van der Waals surface area contributed by atoms with Gasteiger partial charge in [-0.1, -0.05) is 23.7 Å². The molecule has 0 radical (unpaired) electrons. The Morgan fingerprint density at radius 3 is 2.44 bits per heavy atom. The van der Waals surface area contributed by atoms with E-state index in [1.54, 1.807) is 24.3 Å². The fourth-order valence-electron chi connectivity index (χ4n) is 1.63. The molecule has 0 aromatic heterocycles. The number of benzene rings is 1. The van der Waals surface area contributed by atoms with Gasteiger partial charge in [0.15, 0.2) is 0 Å². The number of aliphatic carboxylic acids is 2. The first-order valence-corrected chi connectivity index (χ1v) is 5.73. The smallest absolute Gasteiger partial charge is 0.320 e. The minimum Gasteiger partial charge on any atom is -0.481 e. The standard InChI is InChI=1S/C12H14ClNO4/c13-9-3-1-2-7(5-9)4-8(11(15)16)6-10(14)12(17)18/h1-3,5,8,10H,4,6,14H2,(H,15,16)(H,17,18)/t8?,10-/m1/s1. The molecule has 0 aliphatic rings. The Kier molecular flexibility index (Phi) is 5.12. The predicted octanol–water partition coefficient (Wildman–Crippen LogP) is 1.39. The van der Waals surface area contributed by atoms with Gasteiger partial charge in [0.05, 0.1) is 5.92 Å².